The van der Waals surface area contributed by atoms with Crippen LogP contribution in [0, 0.1) is 16.0 Å². The number of methoxy groups -OCH3 is 1. The summed E-state index contributed by atoms with van der Waals surface area (Å²) >= 11 is 0. The van der Waals surface area contributed by atoms with Gasteiger partial charge in [-0.15, -0.1) is 12.4 Å². The quantitative estimate of drug-likeness (QED) is 0.658. The molecule has 1 aliphatic rings. The largest absolute Gasteiger partial charge is 0.504 e. The fraction of sp³-hybridized carbons (Fsp3) is 0.538. The Morgan fingerprint density at radius 3 is 2.55 bits per heavy atom. The maximum atomic E-state index is 10.9. The second kappa shape index (κ2) is 6.76. The van der Waals surface area contributed by atoms with Gasteiger partial charge in [0.25, 0.3) is 5.69 Å². The number of rotatable bonds is 4. The minimum atomic E-state index is -0.507. The highest BCUT2D eigenvalue weighted by atomic mass is 35.5. The number of halogens is 1. The van der Waals surface area contributed by atoms with Gasteiger partial charge < -0.3 is 15.6 Å². The first-order valence-corrected chi connectivity index (χ1v) is 6.35. The van der Waals surface area contributed by atoms with Gasteiger partial charge in [-0.05, 0) is 18.8 Å². The predicted octanol–water partition coefficient (Wildman–Crippen LogP) is 2.92. The lowest BCUT2D eigenvalue weighted by Gasteiger charge is -2.21. The molecule has 0 bridgehead atoms. The van der Waals surface area contributed by atoms with Crippen LogP contribution >= 0.6 is 12.4 Å². The van der Waals surface area contributed by atoms with Crippen molar-refractivity contribution in [3.8, 4) is 11.5 Å². The summed E-state index contributed by atoms with van der Waals surface area (Å²) in [4.78, 5) is 10.4. The summed E-state index contributed by atoms with van der Waals surface area (Å²) in [6.07, 6.45) is 4.22. The number of benzene rings is 1. The zero-order chi connectivity index (χ0) is 14.0. The standard InChI is InChI=1S/C13H18N2O4.ClH/c1-19-11-7-9(15(17)18)6-10(13(11)16)12(14)8-4-2-3-5-8;/h6-8,12,16H,2-5,14H2,1H3;1H/t12-;/m0./s1. The molecule has 1 fully saturated rings. The normalized spacial score (nSPS) is 16.5. The van der Waals surface area contributed by atoms with Crippen LogP contribution in [0.15, 0.2) is 12.1 Å². The summed E-state index contributed by atoms with van der Waals surface area (Å²) in [7, 11) is 1.36. The fourth-order valence-corrected chi connectivity index (χ4v) is 2.70. The van der Waals surface area contributed by atoms with Gasteiger partial charge in [0.1, 0.15) is 0 Å². The van der Waals surface area contributed by atoms with Gasteiger partial charge in [-0.25, -0.2) is 0 Å². The third-order valence-corrected chi connectivity index (χ3v) is 3.79. The maximum absolute atomic E-state index is 10.9. The zero-order valence-corrected chi connectivity index (χ0v) is 12.1. The van der Waals surface area contributed by atoms with E-state index < -0.39 is 11.0 Å². The SMILES string of the molecule is COc1cc([N+](=O)[O-])cc([C@@H](N)C2CCCC2)c1O.Cl. The summed E-state index contributed by atoms with van der Waals surface area (Å²) in [5, 5.41) is 21.0. The van der Waals surface area contributed by atoms with Crippen LogP contribution in [0.25, 0.3) is 0 Å². The summed E-state index contributed by atoms with van der Waals surface area (Å²) in [6.45, 7) is 0. The highest BCUT2D eigenvalue weighted by Gasteiger charge is 2.28. The molecule has 112 valence electrons. The number of non-ortho nitro benzene ring substituents is 1. The number of nitrogens with zero attached hydrogens (tertiary/aromatic N) is 1. The second-order valence-electron chi connectivity index (χ2n) is 4.91. The van der Waals surface area contributed by atoms with Crippen LogP contribution in [0.4, 0.5) is 5.69 Å². The molecule has 7 heteroatoms. The number of phenolic OH excluding ortho intramolecular Hbond substituents is 1. The molecule has 0 heterocycles. The number of ether oxygens (including phenoxy) is 1. The van der Waals surface area contributed by atoms with Crippen LogP contribution in [0.5, 0.6) is 11.5 Å². The Morgan fingerprint density at radius 1 is 1.45 bits per heavy atom. The smallest absolute Gasteiger partial charge is 0.273 e. The van der Waals surface area contributed by atoms with Crippen LogP contribution in [0.1, 0.15) is 37.3 Å². The molecule has 20 heavy (non-hydrogen) atoms. The number of nitrogens with two attached hydrogens (primary N) is 1. The average Bonchev–Trinajstić information content (AvgIpc) is 2.91. The number of nitro groups is 1. The van der Waals surface area contributed by atoms with E-state index in [1.165, 1.54) is 19.2 Å². The molecule has 3 N–H and O–H groups in total. The van der Waals surface area contributed by atoms with E-state index in [0.717, 1.165) is 25.7 Å². The number of nitro benzene ring substituents is 1. The van der Waals surface area contributed by atoms with Gasteiger partial charge in [0.15, 0.2) is 11.5 Å². The first-order valence-electron chi connectivity index (χ1n) is 6.35. The van der Waals surface area contributed by atoms with Gasteiger partial charge in [0.05, 0.1) is 18.1 Å². The highest BCUT2D eigenvalue weighted by Crippen LogP contribution is 2.42. The van der Waals surface area contributed by atoms with Crippen molar-refractivity contribution in [2.24, 2.45) is 11.7 Å². The molecule has 0 spiro atoms. The highest BCUT2D eigenvalue weighted by molar-refractivity contribution is 5.85. The Balaban J connectivity index is 0.00000200. The van der Waals surface area contributed by atoms with Crippen molar-refractivity contribution in [2.45, 2.75) is 31.7 Å². The maximum Gasteiger partial charge on any atom is 0.273 e. The third kappa shape index (κ3) is 3.13. The predicted molar refractivity (Wildman–Crippen MR) is 77.4 cm³/mol. The molecular weight excluding hydrogens is 284 g/mol. The van der Waals surface area contributed by atoms with Gasteiger partial charge in [-0.3, -0.25) is 10.1 Å². The monoisotopic (exact) mass is 302 g/mol. The van der Waals surface area contributed by atoms with Crippen LogP contribution in [-0.4, -0.2) is 17.1 Å². The van der Waals surface area contributed by atoms with Gasteiger partial charge in [-0.2, -0.15) is 0 Å². The first-order chi connectivity index (χ1) is 9.04. The second-order valence-corrected chi connectivity index (χ2v) is 4.91. The van der Waals surface area contributed by atoms with Gasteiger partial charge in [0.2, 0.25) is 0 Å². The van der Waals surface area contributed by atoms with E-state index in [1.807, 2.05) is 0 Å². The Hall–Kier alpha value is -1.53. The summed E-state index contributed by atoms with van der Waals surface area (Å²) in [6, 6.07) is 2.16. The molecule has 1 saturated carbocycles. The minimum Gasteiger partial charge on any atom is -0.504 e. The van der Waals surface area contributed by atoms with Crippen LogP contribution in [0.3, 0.4) is 0 Å². The van der Waals surface area contributed by atoms with Gasteiger partial charge in [0, 0.05) is 17.7 Å². The van der Waals surface area contributed by atoms with E-state index in [-0.39, 0.29) is 35.5 Å². The van der Waals surface area contributed by atoms with E-state index in [9.17, 15) is 15.2 Å². The van der Waals surface area contributed by atoms with Crippen molar-refractivity contribution >= 4 is 18.1 Å². The molecule has 1 aromatic rings. The molecule has 0 unspecified atom stereocenters. The van der Waals surface area contributed by atoms with E-state index in [1.54, 1.807) is 0 Å². The molecular formula is C13H19ClN2O4. The molecule has 1 atom stereocenters. The average molecular weight is 303 g/mol. The Kier molecular flexibility index (Phi) is 5.59. The summed E-state index contributed by atoms with van der Waals surface area (Å²) in [5.41, 5.74) is 6.44. The zero-order valence-electron chi connectivity index (χ0n) is 11.2. The minimum absolute atomic E-state index is 0. The van der Waals surface area contributed by atoms with Crippen LogP contribution in [-0.2, 0) is 0 Å². The summed E-state index contributed by atoms with van der Waals surface area (Å²) in [5.74, 6) is 0.266. The van der Waals surface area contributed by atoms with Crippen LogP contribution < -0.4 is 10.5 Å². The summed E-state index contributed by atoms with van der Waals surface area (Å²) < 4.78 is 4.98. The molecule has 2 rings (SSSR count). The lowest BCUT2D eigenvalue weighted by Crippen LogP contribution is -2.19. The molecule has 6 nitrogen and oxygen atoms in total. The van der Waals surface area contributed by atoms with Crippen LogP contribution in [0.2, 0.25) is 0 Å². The molecule has 0 aromatic heterocycles. The molecule has 0 saturated heterocycles. The number of aromatic hydroxyl groups is 1. The van der Waals surface area contributed by atoms with Crippen molar-refractivity contribution in [1.82, 2.24) is 0 Å². The van der Waals surface area contributed by atoms with Gasteiger partial charge in [-0.1, -0.05) is 12.8 Å². The van der Waals surface area contributed by atoms with Crippen molar-refractivity contribution in [1.29, 1.82) is 0 Å². The van der Waals surface area contributed by atoms with Crippen molar-refractivity contribution < 1.29 is 14.8 Å². The lowest BCUT2D eigenvalue weighted by atomic mass is 9.91. The Morgan fingerprint density at radius 2 is 2.05 bits per heavy atom. The van der Waals surface area contributed by atoms with Crippen molar-refractivity contribution in [2.75, 3.05) is 7.11 Å². The van der Waals surface area contributed by atoms with Gasteiger partial charge >= 0.3 is 0 Å². The molecule has 0 amide bonds. The number of hydrogen-bond acceptors (Lipinski definition) is 5. The van der Waals surface area contributed by atoms with E-state index in [2.05, 4.69) is 0 Å². The topological polar surface area (TPSA) is 98.6 Å². The fourth-order valence-electron chi connectivity index (χ4n) is 2.70. The first kappa shape index (κ1) is 16.5. The lowest BCUT2D eigenvalue weighted by molar-refractivity contribution is -0.385. The van der Waals surface area contributed by atoms with Crippen molar-refractivity contribution in [3.63, 3.8) is 0 Å². The van der Waals surface area contributed by atoms with Crippen molar-refractivity contribution in [3.05, 3.63) is 27.8 Å². The molecule has 0 radical (unpaired) electrons. The Bertz CT molecular complexity index is 490. The third-order valence-electron chi connectivity index (χ3n) is 3.79. The molecule has 1 aromatic carbocycles. The Labute approximate surface area is 123 Å². The number of phenols is 1. The van der Waals surface area contributed by atoms with E-state index in [4.69, 9.17) is 10.5 Å². The molecule has 0 aliphatic heterocycles. The number of hydrogen-bond donors (Lipinski definition) is 2. The van der Waals surface area contributed by atoms with E-state index >= 15 is 0 Å². The molecule has 1 aliphatic carbocycles. The van der Waals surface area contributed by atoms with E-state index in [0.29, 0.717) is 5.56 Å².